The minimum atomic E-state index is -4.77. The van der Waals surface area contributed by atoms with Crippen LogP contribution in [-0.4, -0.2) is 32.4 Å². The zero-order valence-electron chi connectivity index (χ0n) is 9.23. The van der Waals surface area contributed by atoms with Crippen molar-refractivity contribution in [1.82, 2.24) is 4.98 Å². The van der Waals surface area contributed by atoms with Gasteiger partial charge in [0.15, 0.2) is 0 Å². The summed E-state index contributed by atoms with van der Waals surface area (Å²) in [5.41, 5.74) is -1.64. The third kappa shape index (κ3) is 4.05. The number of halogens is 4. The Balaban J connectivity index is 3.05. The van der Waals surface area contributed by atoms with Crippen LogP contribution in [0.2, 0.25) is 5.15 Å². The summed E-state index contributed by atoms with van der Waals surface area (Å²) in [6.45, 7) is 0. The Morgan fingerprint density at radius 3 is 2.47 bits per heavy atom. The molecular weight excluding hydrogens is 291 g/mol. The second-order valence-corrected chi connectivity index (χ2v) is 4.07. The average molecular weight is 300 g/mol. The van der Waals surface area contributed by atoms with Crippen LogP contribution < -0.4 is 0 Å². The van der Waals surface area contributed by atoms with Gasteiger partial charge in [0, 0.05) is 11.8 Å². The summed E-state index contributed by atoms with van der Waals surface area (Å²) in [5, 5.41) is 26.5. The van der Waals surface area contributed by atoms with E-state index in [4.69, 9.17) is 16.7 Å². The number of carboxylic acids is 1. The first-order valence-corrected chi connectivity index (χ1v) is 5.31. The summed E-state index contributed by atoms with van der Waals surface area (Å²) in [6, 6.07) is 0.519. The van der Waals surface area contributed by atoms with E-state index in [0.717, 1.165) is 6.20 Å². The molecule has 0 saturated carbocycles. The van der Waals surface area contributed by atoms with Crippen molar-refractivity contribution in [3.8, 4) is 0 Å². The van der Waals surface area contributed by atoms with E-state index in [1.165, 1.54) is 0 Å². The molecule has 0 saturated heterocycles. The molecule has 2 unspecified atom stereocenters. The van der Waals surface area contributed by atoms with Crippen molar-refractivity contribution >= 4 is 17.6 Å². The van der Waals surface area contributed by atoms with Gasteiger partial charge in [-0.2, -0.15) is 13.2 Å². The smallest absolute Gasteiger partial charge is 0.419 e. The third-order valence-electron chi connectivity index (χ3n) is 2.26. The van der Waals surface area contributed by atoms with Crippen LogP contribution in [-0.2, 0) is 11.0 Å². The lowest BCUT2D eigenvalue weighted by atomic mass is 10.0. The zero-order chi connectivity index (χ0) is 14.8. The van der Waals surface area contributed by atoms with Crippen LogP contribution in [0.3, 0.4) is 0 Å². The molecule has 106 valence electrons. The van der Waals surface area contributed by atoms with Gasteiger partial charge in [0.25, 0.3) is 0 Å². The summed E-state index contributed by atoms with van der Waals surface area (Å²) in [7, 11) is 0. The Morgan fingerprint density at radius 2 is 2.00 bits per heavy atom. The van der Waals surface area contributed by atoms with E-state index in [1.807, 2.05) is 0 Å². The van der Waals surface area contributed by atoms with E-state index in [0.29, 0.717) is 6.07 Å². The molecule has 0 radical (unpaired) electrons. The number of pyridine rings is 1. The number of hydrogen-bond acceptors (Lipinski definition) is 4. The summed E-state index contributed by atoms with van der Waals surface area (Å²) < 4.78 is 37.6. The molecule has 2 atom stereocenters. The van der Waals surface area contributed by atoms with Crippen LogP contribution >= 0.6 is 11.6 Å². The maximum Gasteiger partial charge on any atom is 0.419 e. The van der Waals surface area contributed by atoms with E-state index in [1.54, 1.807) is 0 Å². The fraction of sp³-hybridized carbons (Fsp3) is 0.400. The second kappa shape index (κ2) is 5.72. The number of aliphatic hydroxyl groups is 2. The first-order chi connectivity index (χ1) is 8.62. The van der Waals surface area contributed by atoms with Crippen LogP contribution in [0, 0.1) is 0 Å². The molecule has 1 heterocycles. The zero-order valence-corrected chi connectivity index (χ0v) is 9.98. The molecule has 0 aliphatic heterocycles. The number of aromatic nitrogens is 1. The highest BCUT2D eigenvalue weighted by Gasteiger charge is 2.35. The second-order valence-electron chi connectivity index (χ2n) is 3.71. The lowest BCUT2D eigenvalue weighted by molar-refractivity contribution is -0.141. The molecule has 5 nitrogen and oxygen atoms in total. The Kier molecular flexibility index (Phi) is 4.72. The van der Waals surface area contributed by atoms with E-state index in [9.17, 15) is 28.2 Å². The number of carboxylic acid groups (broad SMARTS) is 1. The molecule has 1 aromatic heterocycles. The number of nitrogens with zero attached hydrogens (tertiary/aromatic N) is 1. The molecule has 9 heteroatoms. The maximum absolute atomic E-state index is 12.5. The topological polar surface area (TPSA) is 90.7 Å². The molecule has 0 fully saturated rings. The molecule has 0 spiro atoms. The van der Waals surface area contributed by atoms with Gasteiger partial charge in [-0.05, 0) is 6.07 Å². The van der Waals surface area contributed by atoms with Crippen molar-refractivity contribution in [2.45, 2.75) is 24.8 Å². The fourth-order valence-electron chi connectivity index (χ4n) is 1.34. The predicted octanol–water partition coefficient (Wildman–Crippen LogP) is 1.62. The molecule has 1 rings (SSSR count). The number of aliphatic carboxylic acids is 1. The summed E-state index contributed by atoms with van der Waals surface area (Å²) in [5.74, 6) is -1.40. The molecule has 0 amide bonds. The van der Waals surface area contributed by atoms with E-state index in [-0.39, 0.29) is 5.56 Å². The largest absolute Gasteiger partial charge is 0.481 e. The van der Waals surface area contributed by atoms with Crippen LogP contribution in [0.1, 0.15) is 23.7 Å². The maximum atomic E-state index is 12.5. The Bertz CT molecular complexity index is 480. The van der Waals surface area contributed by atoms with Gasteiger partial charge in [-0.15, -0.1) is 0 Å². The molecular formula is C10H9ClF3NO4. The van der Waals surface area contributed by atoms with E-state index < -0.39 is 41.5 Å². The van der Waals surface area contributed by atoms with Gasteiger partial charge in [-0.3, -0.25) is 4.79 Å². The minimum Gasteiger partial charge on any atom is -0.481 e. The normalized spacial score (nSPS) is 15.1. The van der Waals surface area contributed by atoms with Crippen molar-refractivity contribution in [3.05, 3.63) is 28.5 Å². The number of aliphatic hydroxyl groups excluding tert-OH is 2. The third-order valence-corrected chi connectivity index (χ3v) is 2.56. The van der Waals surface area contributed by atoms with Crippen molar-refractivity contribution in [2.24, 2.45) is 0 Å². The van der Waals surface area contributed by atoms with Gasteiger partial charge >= 0.3 is 12.1 Å². The number of hydrogen-bond donors (Lipinski definition) is 3. The predicted molar refractivity (Wildman–Crippen MR) is 57.5 cm³/mol. The van der Waals surface area contributed by atoms with E-state index >= 15 is 0 Å². The first kappa shape index (κ1) is 15.7. The highest BCUT2D eigenvalue weighted by molar-refractivity contribution is 6.30. The Morgan fingerprint density at radius 1 is 1.42 bits per heavy atom. The van der Waals surface area contributed by atoms with Gasteiger partial charge in [0.2, 0.25) is 0 Å². The van der Waals surface area contributed by atoms with Crippen LogP contribution in [0.25, 0.3) is 0 Å². The van der Waals surface area contributed by atoms with Crippen molar-refractivity contribution < 1.29 is 33.3 Å². The van der Waals surface area contributed by atoms with Gasteiger partial charge in [0.1, 0.15) is 11.3 Å². The first-order valence-electron chi connectivity index (χ1n) is 4.93. The van der Waals surface area contributed by atoms with Crippen molar-refractivity contribution in [1.29, 1.82) is 0 Å². The SMILES string of the molecule is O=C(O)CC(O)C(O)c1cnc(Cl)c(C(F)(F)F)c1. The van der Waals surface area contributed by atoms with Crippen LogP contribution in [0.15, 0.2) is 12.3 Å². The van der Waals surface area contributed by atoms with Gasteiger partial charge in [-0.25, -0.2) is 4.98 Å². The molecule has 1 aromatic rings. The molecule has 3 N–H and O–H groups in total. The number of rotatable bonds is 4. The Hall–Kier alpha value is -1.38. The van der Waals surface area contributed by atoms with Crippen LogP contribution in [0.4, 0.5) is 13.2 Å². The minimum absolute atomic E-state index is 0.370. The molecule has 19 heavy (non-hydrogen) atoms. The fourth-order valence-corrected chi connectivity index (χ4v) is 1.55. The van der Waals surface area contributed by atoms with Gasteiger partial charge in [0.05, 0.1) is 18.1 Å². The van der Waals surface area contributed by atoms with Crippen LogP contribution in [0.5, 0.6) is 0 Å². The Labute approximate surface area is 110 Å². The standard InChI is InChI=1S/C10H9ClF3NO4/c11-9-5(10(12,13)14)1-4(3-15-9)8(19)6(16)2-7(17)18/h1,3,6,8,16,19H,2H2,(H,17,18). The highest BCUT2D eigenvalue weighted by atomic mass is 35.5. The quantitative estimate of drug-likeness (QED) is 0.735. The lowest BCUT2D eigenvalue weighted by Gasteiger charge is -2.18. The summed E-state index contributed by atoms with van der Waals surface area (Å²) in [6.07, 6.45) is -8.29. The van der Waals surface area contributed by atoms with Gasteiger partial charge in [-0.1, -0.05) is 11.6 Å². The average Bonchev–Trinajstić information content (AvgIpc) is 2.26. The molecule has 0 aromatic carbocycles. The number of alkyl halides is 3. The highest BCUT2D eigenvalue weighted by Crippen LogP contribution is 2.35. The lowest BCUT2D eigenvalue weighted by Crippen LogP contribution is -2.22. The van der Waals surface area contributed by atoms with Crippen molar-refractivity contribution in [3.63, 3.8) is 0 Å². The van der Waals surface area contributed by atoms with E-state index in [2.05, 4.69) is 4.98 Å². The molecule has 0 bridgehead atoms. The monoisotopic (exact) mass is 299 g/mol. The van der Waals surface area contributed by atoms with Gasteiger partial charge < -0.3 is 15.3 Å². The summed E-state index contributed by atoms with van der Waals surface area (Å²) >= 11 is 5.28. The summed E-state index contributed by atoms with van der Waals surface area (Å²) in [4.78, 5) is 13.6. The number of carbonyl (C=O) groups is 1. The van der Waals surface area contributed by atoms with Crippen molar-refractivity contribution in [2.75, 3.05) is 0 Å². The molecule has 0 aliphatic rings. The molecule has 0 aliphatic carbocycles.